The van der Waals surface area contributed by atoms with Crippen LogP contribution in [0.1, 0.15) is 12.8 Å². The van der Waals surface area contributed by atoms with Crippen LogP contribution in [0.25, 0.3) is 0 Å². The molecule has 0 N–H and O–H groups in total. The Balaban J connectivity index is 2.26. The summed E-state index contributed by atoms with van der Waals surface area (Å²) >= 11 is 15.3. The Morgan fingerprint density at radius 1 is 1.26 bits per heavy atom. The third-order valence-corrected chi connectivity index (χ3v) is 6.83. The molecule has 0 bridgehead atoms. The van der Waals surface area contributed by atoms with Crippen molar-refractivity contribution >= 4 is 49.2 Å². The number of sulfonamides is 1. The second-order valence-electron chi connectivity index (χ2n) is 4.58. The zero-order valence-electron chi connectivity index (χ0n) is 10.2. The first-order valence-electron chi connectivity index (χ1n) is 5.96. The summed E-state index contributed by atoms with van der Waals surface area (Å²) in [5, 5.41) is 1.50. The molecule has 19 heavy (non-hydrogen) atoms. The number of benzene rings is 1. The molecule has 7 heteroatoms. The maximum Gasteiger partial charge on any atom is 0.244 e. The van der Waals surface area contributed by atoms with Gasteiger partial charge in [-0.25, -0.2) is 8.42 Å². The average molecular weight is 387 g/mol. The number of halogens is 3. The van der Waals surface area contributed by atoms with Crippen molar-refractivity contribution in [3.63, 3.8) is 0 Å². The second-order valence-corrected chi connectivity index (χ2v) is 7.97. The zero-order valence-corrected chi connectivity index (χ0v) is 14.1. The van der Waals surface area contributed by atoms with Crippen molar-refractivity contribution < 1.29 is 8.42 Å². The average Bonchev–Trinajstić information content (AvgIpc) is 2.41. The molecular formula is C12H14BrCl2NO2S. The van der Waals surface area contributed by atoms with E-state index in [1.54, 1.807) is 6.07 Å². The highest BCUT2D eigenvalue weighted by Gasteiger charge is 2.30. The SMILES string of the molecule is O=S(=O)(c1cc(Cl)ccc1Cl)N1CCC(CBr)CC1. The van der Waals surface area contributed by atoms with Crippen molar-refractivity contribution in [2.45, 2.75) is 17.7 Å². The van der Waals surface area contributed by atoms with Crippen LogP contribution in [0.2, 0.25) is 10.0 Å². The summed E-state index contributed by atoms with van der Waals surface area (Å²) in [4.78, 5) is 0.0963. The molecule has 1 aliphatic rings. The smallest absolute Gasteiger partial charge is 0.207 e. The van der Waals surface area contributed by atoms with Crippen LogP contribution < -0.4 is 0 Å². The van der Waals surface area contributed by atoms with Gasteiger partial charge in [-0.3, -0.25) is 0 Å². The maximum absolute atomic E-state index is 12.5. The molecule has 1 aromatic rings. The van der Waals surface area contributed by atoms with Crippen molar-refractivity contribution in [3.8, 4) is 0 Å². The van der Waals surface area contributed by atoms with E-state index >= 15 is 0 Å². The molecule has 0 spiro atoms. The lowest BCUT2D eigenvalue weighted by Gasteiger charge is -2.30. The highest BCUT2D eigenvalue weighted by atomic mass is 79.9. The molecule has 0 atom stereocenters. The van der Waals surface area contributed by atoms with Gasteiger partial charge in [0.05, 0.1) is 5.02 Å². The van der Waals surface area contributed by atoms with Crippen LogP contribution >= 0.6 is 39.1 Å². The van der Waals surface area contributed by atoms with Crippen LogP contribution in [-0.2, 0) is 10.0 Å². The minimum Gasteiger partial charge on any atom is -0.207 e. The fourth-order valence-corrected chi connectivity index (χ4v) is 4.97. The summed E-state index contributed by atoms with van der Waals surface area (Å²) in [7, 11) is -3.55. The van der Waals surface area contributed by atoms with Crippen LogP contribution in [0.3, 0.4) is 0 Å². The van der Waals surface area contributed by atoms with Crippen LogP contribution in [0.5, 0.6) is 0 Å². The minimum absolute atomic E-state index is 0.0963. The number of alkyl halides is 1. The van der Waals surface area contributed by atoms with E-state index in [0.29, 0.717) is 24.0 Å². The second kappa shape index (κ2) is 6.31. The zero-order chi connectivity index (χ0) is 14.0. The van der Waals surface area contributed by atoms with Gasteiger partial charge in [0.15, 0.2) is 0 Å². The number of hydrogen-bond donors (Lipinski definition) is 0. The Bertz CT molecular complexity index is 557. The van der Waals surface area contributed by atoms with E-state index in [-0.39, 0.29) is 9.92 Å². The molecule has 1 aliphatic heterocycles. The van der Waals surface area contributed by atoms with Crippen molar-refractivity contribution in [1.82, 2.24) is 4.31 Å². The lowest BCUT2D eigenvalue weighted by molar-refractivity contribution is 0.292. The fourth-order valence-electron chi connectivity index (χ4n) is 2.12. The van der Waals surface area contributed by atoms with Gasteiger partial charge < -0.3 is 0 Å². The van der Waals surface area contributed by atoms with E-state index < -0.39 is 10.0 Å². The molecule has 106 valence electrons. The third-order valence-electron chi connectivity index (χ3n) is 3.30. The molecule has 0 radical (unpaired) electrons. The Labute approximate surface area is 132 Å². The van der Waals surface area contributed by atoms with Crippen molar-refractivity contribution in [1.29, 1.82) is 0 Å². The molecular weight excluding hydrogens is 373 g/mol. The summed E-state index contributed by atoms with van der Waals surface area (Å²) < 4.78 is 26.5. The van der Waals surface area contributed by atoms with E-state index in [4.69, 9.17) is 23.2 Å². The standard InChI is InChI=1S/C12H14BrCl2NO2S/c13-8-9-3-5-16(6-4-9)19(17,18)12-7-10(14)1-2-11(12)15/h1-2,7,9H,3-6,8H2. The summed E-state index contributed by atoms with van der Waals surface area (Å²) in [6.07, 6.45) is 1.73. The van der Waals surface area contributed by atoms with Gasteiger partial charge in [-0.2, -0.15) is 4.31 Å². The summed E-state index contributed by atoms with van der Waals surface area (Å²) in [5.74, 6) is 0.543. The third kappa shape index (κ3) is 3.45. The molecule has 1 aromatic carbocycles. The molecule has 0 saturated carbocycles. The van der Waals surface area contributed by atoms with Crippen LogP contribution in [0.15, 0.2) is 23.1 Å². The molecule has 0 aliphatic carbocycles. The van der Waals surface area contributed by atoms with Gasteiger partial charge in [0.2, 0.25) is 10.0 Å². The van der Waals surface area contributed by atoms with Crippen molar-refractivity contribution in [2.75, 3.05) is 18.4 Å². The lowest BCUT2D eigenvalue weighted by atomic mass is 10.0. The van der Waals surface area contributed by atoms with Crippen LogP contribution in [0, 0.1) is 5.92 Å². The van der Waals surface area contributed by atoms with E-state index in [2.05, 4.69) is 15.9 Å². The Morgan fingerprint density at radius 2 is 1.89 bits per heavy atom. The Hall–Kier alpha value is 0.190. The number of nitrogens with zero attached hydrogens (tertiary/aromatic N) is 1. The van der Waals surface area contributed by atoms with E-state index in [0.717, 1.165) is 18.2 Å². The Kier molecular flexibility index (Phi) is 5.17. The first kappa shape index (κ1) is 15.6. The van der Waals surface area contributed by atoms with Gasteiger partial charge in [0, 0.05) is 23.4 Å². The Morgan fingerprint density at radius 3 is 2.47 bits per heavy atom. The van der Waals surface area contributed by atoms with Gasteiger partial charge in [0.25, 0.3) is 0 Å². The molecule has 2 rings (SSSR count). The van der Waals surface area contributed by atoms with Crippen molar-refractivity contribution in [2.24, 2.45) is 5.92 Å². The van der Waals surface area contributed by atoms with E-state index in [1.807, 2.05) is 0 Å². The number of rotatable bonds is 3. The summed E-state index contributed by atoms with van der Waals surface area (Å²) in [6, 6.07) is 4.51. The van der Waals surface area contributed by atoms with E-state index in [9.17, 15) is 8.42 Å². The largest absolute Gasteiger partial charge is 0.244 e. The van der Waals surface area contributed by atoms with Gasteiger partial charge >= 0.3 is 0 Å². The number of piperidine rings is 1. The monoisotopic (exact) mass is 385 g/mol. The first-order chi connectivity index (χ1) is 8.95. The molecule has 1 heterocycles. The highest BCUT2D eigenvalue weighted by Crippen LogP contribution is 2.30. The quantitative estimate of drug-likeness (QED) is 0.741. The van der Waals surface area contributed by atoms with Crippen molar-refractivity contribution in [3.05, 3.63) is 28.2 Å². The molecule has 0 amide bonds. The number of hydrogen-bond acceptors (Lipinski definition) is 2. The summed E-state index contributed by atoms with van der Waals surface area (Å²) in [6.45, 7) is 1.06. The molecule has 1 saturated heterocycles. The highest BCUT2D eigenvalue weighted by molar-refractivity contribution is 9.09. The summed E-state index contributed by atoms with van der Waals surface area (Å²) in [5.41, 5.74) is 0. The molecule has 0 unspecified atom stereocenters. The molecule has 3 nitrogen and oxygen atoms in total. The predicted octanol–water partition coefficient (Wildman–Crippen LogP) is 3.79. The van der Waals surface area contributed by atoms with E-state index in [1.165, 1.54) is 16.4 Å². The molecule has 1 fully saturated rings. The fraction of sp³-hybridized carbons (Fsp3) is 0.500. The lowest BCUT2D eigenvalue weighted by Crippen LogP contribution is -2.38. The van der Waals surface area contributed by atoms with Crippen LogP contribution in [-0.4, -0.2) is 31.1 Å². The van der Waals surface area contributed by atoms with Crippen LogP contribution in [0.4, 0.5) is 0 Å². The normalized spacial score (nSPS) is 18.7. The minimum atomic E-state index is -3.55. The first-order valence-corrected chi connectivity index (χ1v) is 9.28. The predicted molar refractivity (Wildman–Crippen MR) is 81.7 cm³/mol. The van der Waals surface area contributed by atoms with Gasteiger partial charge in [-0.1, -0.05) is 39.1 Å². The van der Waals surface area contributed by atoms with Gasteiger partial charge in [0.1, 0.15) is 4.90 Å². The maximum atomic E-state index is 12.5. The topological polar surface area (TPSA) is 37.4 Å². The molecule has 0 aromatic heterocycles. The van der Waals surface area contributed by atoms with Gasteiger partial charge in [-0.15, -0.1) is 0 Å². The van der Waals surface area contributed by atoms with Gasteiger partial charge in [-0.05, 0) is 37.0 Å².